The molecule has 1 aliphatic heterocycles. The van der Waals surface area contributed by atoms with Crippen molar-refractivity contribution in [3.63, 3.8) is 0 Å². The number of β-amino-alcohol motifs (C(OH)–C–C–N with tert-alkyl or cyclic N) is 1. The van der Waals surface area contributed by atoms with Gasteiger partial charge < -0.3 is 45.2 Å². The number of fused-ring (bicyclic) bond motifs is 1. The number of aryl methyl sites for hydroxylation is 1. The van der Waals surface area contributed by atoms with Gasteiger partial charge in [0.25, 0.3) is 0 Å². The second-order valence-electron chi connectivity index (χ2n) is 19.9. The molecule has 0 unspecified atom stereocenters. The minimum Gasteiger partial charge on any atom is -0.508 e. The average molecular weight is 1030 g/mol. The van der Waals surface area contributed by atoms with Crippen molar-refractivity contribution in [1.29, 1.82) is 0 Å². The van der Waals surface area contributed by atoms with Gasteiger partial charge in [-0.25, -0.2) is 4.98 Å². The summed E-state index contributed by atoms with van der Waals surface area (Å²) >= 11 is 3.00. The van der Waals surface area contributed by atoms with E-state index in [2.05, 4.69) is 27.4 Å². The van der Waals surface area contributed by atoms with Crippen molar-refractivity contribution in [2.24, 2.45) is 5.41 Å². The van der Waals surface area contributed by atoms with Crippen LogP contribution in [0, 0.1) is 12.3 Å². The van der Waals surface area contributed by atoms with E-state index in [0.29, 0.717) is 30.1 Å². The van der Waals surface area contributed by atoms with Gasteiger partial charge in [0.05, 0.1) is 28.2 Å². The first-order valence-electron chi connectivity index (χ1n) is 25.2. The number of aliphatic hydroxyl groups is 1. The molecule has 3 amide bonds. The summed E-state index contributed by atoms with van der Waals surface area (Å²) in [6.45, 7) is 14.9. The zero-order valence-electron chi connectivity index (χ0n) is 42.7. The third kappa shape index (κ3) is 14.3. The van der Waals surface area contributed by atoms with Crippen LogP contribution in [0.2, 0.25) is 0 Å². The van der Waals surface area contributed by atoms with Crippen LogP contribution in [-0.2, 0) is 19.1 Å². The fourth-order valence-electron chi connectivity index (χ4n) is 9.15. The highest BCUT2D eigenvalue weighted by Crippen LogP contribution is 2.42. The maximum atomic E-state index is 14.1. The number of ketones is 1. The molecule has 3 heterocycles. The number of carbonyl (C=O) groups is 4. The number of phenolic OH excluding ortho intramolecular Hbond substituents is 2. The van der Waals surface area contributed by atoms with Gasteiger partial charge >= 0.3 is 0 Å². The van der Waals surface area contributed by atoms with Gasteiger partial charge in [-0.05, 0) is 129 Å². The van der Waals surface area contributed by atoms with Crippen molar-refractivity contribution in [3.8, 4) is 38.1 Å². The smallest absolute Gasteiger partial charge is 0.246 e. The van der Waals surface area contributed by atoms with Crippen molar-refractivity contribution in [1.82, 2.24) is 25.4 Å². The number of benzene rings is 4. The third-order valence-corrected chi connectivity index (χ3v) is 15.5. The zero-order valence-corrected chi connectivity index (χ0v) is 44.3. The number of aromatic nitrogens is 1. The average Bonchev–Trinajstić information content (AvgIpc) is 4.10. The molecule has 0 aliphatic carbocycles. The number of nitrogens with zero attached hydrogens (tertiary/aromatic N) is 3. The number of hydrogen-bond donors (Lipinski definition) is 5. The number of thiazole rings is 1. The van der Waals surface area contributed by atoms with E-state index >= 15 is 0 Å². The summed E-state index contributed by atoms with van der Waals surface area (Å²) in [7, 11) is 0. The predicted molar refractivity (Wildman–Crippen MR) is 288 cm³/mol. The third-order valence-electron chi connectivity index (χ3n) is 13.3. The van der Waals surface area contributed by atoms with Gasteiger partial charge in [0.1, 0.15) is 42.5 Å². The quantitative estimate of drug-likeness (QED) is 0.0287. The molecule has 0 saturated carbocycles. The summed E-state index contributed by atoms with van der Waals surface area (Å²) in [6, 6.07) is 24.8. The second-order valence-corrected chi connectivity index (χ2v) is 21.8. The standard InChI is InChI=1S/C57H69N5O9S2/c1-7-61(28-30-71-45-24-19-39(20-25-45)51(67)50-46-26-23-43(64)32-48(46)73-53(50)41-17-21-42(63)22-18-41)27-11-9-8-10-12-29-70-34-49(66)60-54(57(4,5)6)56(69)62-33-44(65)31-47(62)55(68)59-36(2)38-13-15-40(16-14-38)52-37(3)58-35-72-52/h13-26,32,35-36,44,47,54,63-65H,7-12,27-31,33-34H2,1-6H3,(H,59,68)(H,60,66)/t36-,44+,47-,54+/m0/s1. The van der Waals surface area contributed by atoms with Gasteiger partial charge in [-0.1, -0.05) is 71.2 Å². The molecule has 73 heavy (non-hydrogen) atoms. The van der Waals surface area contributed by atoms with Crippen LogP contribution in [0.25, 0.3) is 31.0 Å². The summed E-state index contributed by atoms with van der Waals surface area (Å²) in [6.07, 6.45) is 4.12. The Morgan fingerprint density at radius 3 is 2.19 bits per heavy atom. The van der Waals surface area contributed by atoms with Crippen LogP contribution in [0.4, 0.5) is 0 Å². The van der Waals surface area contributed by atoms with Gasteiger partial charge in [0.15, 0.2) is 5.78 Å². The van der Waals surface area contributed by atoms with Gasteiger partial charge in [0, 0.05) is 52.2 Å². The van der Waals surface area contributed by atoms with Crippen LogP contribution in [0.15, 0.2) is 96.5 Å². The van der Waals surface area contributed by atoms with Crippen molar-refractivity contribution in [3.05, 3.63) is 119 Å². The number of aromatic hydroxyl groups is 2. The Bertz CT molecular complexity index is 2800. The topological polar surface area (TPSA) is 191 Å². The van der Waals surface area contributed by atoms with Crippen LogP contribution in [0.1, 0.15) is 106 Å². The molecule has 4 atom stereocenters. The van der Waals surface area contributed by atoms with Crippen molar-refractivity contribution in [2.45, 2.75) is 104 Å². The van der Waals surface area contributed by atoms with E-state index in [9.17, 15) is 34.5 Å². The monoisotopic (exact) mass is 1030 g/mol. The molecule has 1 fully saturated rings. The minimum atomic E-state index is -0.937. The molecule has 4 aromatic carbocycles. The van der Waals surface area contributed by atoms with E-state index in [1.54, 1.807) is 65.9 Å². The summed E-state index contributed by atoms with van der Waals surface area (Å²) in [5, 5.41) is 37.3. The van der Waals surface area contributed by atoms with E-state index in [1.807, 2.05) is 76.5 Å². The van der Waals surface area contributed by atoms with Gasteiger partial charge in [0.2, 0.25) is 17.7 Å². The normalized spacial score (nSPS) is 15.6. The SMILES string of the molecule is CCN(CCCCCCCOCC(=O)N[C@H](C(=O)N1C[C@H](O)C[C@H]1C(=O)N[C@@H](C)c1ccc(-c2scnc2C)cc1)C(C)(C)C)CCOc1ccc(C(=O)c2c(-c3ccc(O)cc3)sc3cc(O)ccc23)cc1. The van der Waals surface area contributed by atoms with Crippen LogP contribution < -0.4 is 15.4 Å². The van der Waals surface area contributed by atoms with E-state index in [1.165, 1.54) is 16.2 Å². The number of likely N-dealkylation sites (tertiary alicyclic amines) is 1. The molecule has 1 saturated heterocycles. The summed E-state index contributed by atoms with van der Waals surface area (Å²) in [5.74, 6) is -0.374. The molecule has 0 radical (unpaired) electrons. The molecule has 7 rings (SSSR count). The molecule has 0 spiro atoms. The number of thiophene rings is 1. The highest BCUT2D eigenvalue weighted by molar-refractivity contribution is 7.22. The summed E-state index contributed by atoms with van der Waals surface area (Å²) in [4.78, 5) is 64.8. The molecule has 5 N–H and O–H groups in total. The summed E-state index contributed by atoms with van der Waals surface area (Å²) < 4.78 is 12.6. The number of nitrogens with one attached hydrogen (secondary N) is 2. The number of carbonyl (C=O) groups excluding carboxylic acids is 4. The van der Waals surface area contributed by atoms with E-state index in [-0.39, 0.29) is 48.8 Å². The van der Waals surface area contributed by atoms with Crippen LogP contribution in [-0.4, -0.2) is 118 Å². The van der Waals surface area contributed by atoms with Crippen LogP contribution >= 0.6 is 22.7 Å². The molecule has 6 aromatic rings. The number of amides is 3. The highest BCUT2D eigenvalue weighted by atomic mass is 32.1. The first-order chi connectivity index (χ1) is 35.0. The molecule has 388 valence electrons. The Labute approximate surface area is 436 Å². The Morgan fingerprint density at radius 1 is 0.836 bits per heavy atom. The van der Waals surface area contributed by atoms with E-state index < -0.39 is 35.4 Å². The lowest BCUT2D eigenvalue weighted by atomic mass is 9.85. The molecule has 16 heteroatoms. The number of rotatable bonds is 24. The van der Waals surface area contributed by atoms with Crippen LogP contribution in [0.5, 0.6) is 17.2 Å². The lowest BCUT2D eigenvalue weighted by Gasteiger charge is -2.35. The molecule has 0 bridgehead atoms. The van der Waals surface area contributed by atoms with Crippen molar-refractivity contribution < 1.29 is 44.0 Å². The van der Waals surface area contributed by atoms with Crippen molar-refractivity contribution in [2.75, 3.05) is 46.0 Å². The maximum absolute atomic E-state index is 14.1. The second kappa shape index (κ2) is 25.2. The van der Waals surface area contributed by atoms with E-state index in [4.69, 9.17) is 9.47 Å². The van der Waals surface area contributed by atoms with Crippen molar-refractivity contribution >= 4 is 56.3 Å². The van der Waals surface area contributed by atoms with Gasteiger partial charge in [-0.2, -0.15) is 0 Å². The Morgan fingerprint density at radius 2 is 1.51 bits per heavy atom. The Hall–Kier alpha value is -6.17. The maximum Gasteiger partial charge on any atom is 0.246 e. The predicted octanol–water partition coefficient (Wildman–Crippen LogP) is 9.68. The number of likely N-dealkylation sites (N-methyl/N-ethyl adjacent to an activating group) is 1. The fourth-order valence-corrected chi connectivity index (χ4v) is 11.2. The van der Waals surface area contributed by atoms with E-state index in [0.717, 1.165) is 94.0 Å². The first-order valence-corrected chi connectivity index (χ1v) is 26.9. The Kier molecular flexibility index (Phi) is 18.8. The molecule has 14 nitrogen and oxygen atoms in total. The lowest BCUT2D eigenvalue weighted by Crippen LogP contribution is -2.58. The number of unbranched alkanes of at least 4 members (excludes halogenated alkanes) is 4. The molecule has 1 aliphatic rings. The largest absolute Gasteiger partial charge is 0.508 e. The lowest BCUT2D eigenvalue weighted by molar-refractivity contribution is -0.144. The molecule has 2 aromatic heterocycles. The van der Waals surface area contributed by atoms with Gasteiger partial charge in [-0.3, -0.25) is 19.2 Å². The molecular formula is C57H69N5O9S2. The zero-order chi connectivity index (χ0) is 52.2. The summed E-state index contributed by atoms with van der Waals surface area (Å²) in [5.41, 5.74) is 5.95. The number of hydrogen-bond acceptors (Lipinski definition) is 13. The highest BCUT2D eigenvalue weighted by Gasteiger charge is 2.44. The Balaban J connectivity index is 0.781. The first kappa shape index (κ1) is 54.6. The fraction of sp³-hybridized carbons (Fsp3) is 0.421. The van der Waals surface area contributed by atoms with Gasteiger partial charge in [-0.15, -0.1) is 22.7 Å². The minimum absolute atomic E-state index is 0.00449. The van der Waals surface area contributed by atoms with Crippen LogP contribution in [0.3, 0.4) is 0 Å². The number of phenols is 2. The number of aliphatic hydroxyl groups excluding tert-OH is 1. The molecular weight excluding hydrogens is 963 g/mol. The number of ether oxygens (including phenoxy) is 2.